The van der Waals surface area contributed by atoms with Gasteiger partial charge in [0.1, 0.15) is 12.4 Å². The summed E-state index contributed by atoms with van der Waals surface area (Å²) in [7, 11) is 2.14. The normalized spacial score (nSPS) is 17.5. The number of hydrogen-bond donors (Lipinski definition) is 2. The Balaban J connectivity index is 1.75. The van der Waals surface area contributed by atoms with Crippen LogP contribution < -0.4 is 15.8 Å². The molecule has 0 aliphatic carbocycles. The molecule has 2 unspecified atom stereocenters. The number of rotatable bonds is 10. The zero-order valence-corrected chi connectivity index (χ0v) is 16.9. The van der Waals surface area contributed by atoms with Gasteiger partial charge in [0, 0.05) is 32.3 Å². The molecular weight excluding hydrogens is 342 g/mol. The molecule has 0 bridgehead atoms. The largest absolute Gasteiger partial charge is 0.492 e. The lowest BCUT2D eigenvalue weighted by atomic mass is 9.99. The summed E-state index contributed by atoms with van der Waals surface area (Å²) in [6.45, 7) is 7.73. The van der Waals surface area contributed by atoms with E-state index in [1.807, 2.05) is 38.1 Å². The number of nitrogens with one attached hydrogen (secondary N) is 1. The number of carbonyl (C=O) groups is 1. The van der Waals surface area contributed by atoms with Crippen LogP contribution in [-0.2, 0) is 16.1 Å². The fourth-order valence-corrected chi connectivity index (χ4v) is 3.18. The van der Waals surface area contributed by atoms with Crippen molar-refractivity contribution in [1.82, 2.24) is 10.2 Å². The first-order chi connectivity index (χ1) is 13.0. The number of benzene rings is 1. The van der Waals surface area contributed by atoms with Gasteiger partial charge in [-0.25, -0.2) is 0 Å². The van der Waals surface area contributed by atoms with Crippen LogP contribution in [0.4, 0.5) is 0 Å². The van der Waals surface area contributed by atoms with E-state index in [0.29, 0.717) is 19.2 Å². The van der Waals surface area contributed by atoms with Gasteiger partial charge in [-0.1, -0.05) is 32.4 Å². The summed E-state index contributed by atoms with van der Waals surface area (Å²) < 4.78 is 11.3. The molecule has 1 saturated heterocycles. The molecule has 1 aliphatic heterocycles. The molecule has 1 amide bonds. The highest BCUT2D eigenvalue weighted by atomic mass is 16.5. The van der Waals surface area contributed by atoms with Crippen LogP contribution in [0.25, 0.3) is 0 Å². The van der Waals surface area contributed by atoms with Crippen LogP contribution in [0.1, 0.15) is 38.7 Å². The van der Waals surface area contributed by atoms with Gasteiger partial charge in [-0.2, -0.15) is 0 Å². The Kier molecular flexibility index (Phi) is 9.04. The summed E-state index contributed by atoms with van der Waals surface area (Å²) in [6, 6.07) is 7.98. The van der Waals surface area contributed by atoms with Crippen LogP contribution in [0.3, 0.4) is 0 Å². The third kappa shape index (κ3) is 7.13. The smallest absolute Gasteiger partial charge is 0.237 e. The Morgan fingerprint density at radius 2 is 2.15 bits per heavy atom. The molecule has 6 nitrogen and oxygen atoms in total. The van der Waals surface area contributed by atoms with Gasteiger partial charge >= 0.3 is 0 Å². The number of carbonyl (C=O) groups excluding carboxylic acids is 1. The topological polar surface area (TPSA) is 76.8 Å². The molecule has 2 atom stereocenters. The number of likely N-dealkylation sites (N-methyl/N-ethyl adjacent to an activating group) is 1. The second-order valence-corrected chi connectivity index (χ2v) is 7.45. The first-order valence-corrected chi connectivity index (χ1v) is 10.0. The zero-order valence-electron chi connectivity index (χ0n) is 16.9. The van der Waals surface area contributed by atoms with Gasteiger partial charge in [-0.3, -0.25) is 9.69 Å². The highest BCUT2D eigenvalue weighted by Gasteiger charge is 2.19. The van der Waals surface area contributed by atoms with Gasteiger partial charge in [0.15, 0.2) is 0 Å². The van der Waals surface area contributed by atoms with Crippen molar-refractivity contribution >= 4 is 5.91 Å². The molecule has 0 spiro atoms. The molecule has 0 saturated carbocycles. The van der Waals surface area contributed by atoms with E-state index in [2.05, 4.69) is 17.3 Å². The van der Waals surface area contributed by atoms with Crippen LogP contribution in [0.5, 0.6) is 5.75 Å². The van der Waals surface area contributed by atoms with Crippen LogP contribution in [0.15, 0.2) is 24.3 Å². The van der Waals surface area contributed by atoms with Crippen LogP contribution in [0, 0.1) is 5.92 Å². The van der Waals surface area contributed by atoms with E-state index < -0.39 is 6.04 Å². The van der Waals surface area contributed by atoms with Crippen LogP contribution in [-0.4, -0.2) is 56.3 Å². The monoisotopic (exact) mass is 377 g/mol. The first-order valence-electron chi connectivity index (χ1n) is 10.0. The summed E-state index contributed by atoms with van der Waals surface area (Å²) in [5.74, 6) is 0.898. The molecule has 1 aromatic carbocycles. The molecular formula is C21H35N3O3. The molecule has 0 aromatic heterocycles. The zero-order chi connectivity index (χ0) is 19.6. The maximum atomic E-state index is 12.1. The second-order valence-electron chi connectivity index (χ2n) is 7.45. The minimum Gasteiger partial charge on any atom is -0.492 e. The summed E-state index contributed by atoms with van der Waals surface area (Å²) in [6.07, 6.45) is 3.06. The van der Waals surface area contributed by atoms with E-state index in [9.17, 15) is 4.79 Å². The quantitative estimate of drug-likeness (QED) is 0.653. The minimum absolute atomic E-state index is 0.103. The fraction of sp³-hybridized carbons (Fsp3) is 0.667. The van der Waals surface area contributed by atoms with Crippen molar-refractivity contribution in [2.24, 2.45) is 11.7 Å². The van der Waals surface area contributed by atoms with Crippen molar-refractivity contribution in [3.63, 3.8) is 0 Å². The number of hydrogen-bond acceptors (Lipinski definition) is 5. The van der Waals surface area contributed by atoms with Gasteiger partial charge < -0.3 is 20.5 Å². The Hall–Kier alpha value is -1.63. The maximum absolute atomic E-state index is 12.1. The van der Waals surface area contributed by atoms with E-state index in [1.54, 1.807) is 0 Å². The predicted molar refractivity (Wildman–Crippen MR) is 108 cm³/mol. The molecule has 1 aromatic rings. The fourth-order valence-electron chi connectivity index (χ4n) is 3.18. The van der Waals surface area contributed by atoms with Gasteiger partial charge in [0.2, 0.25) is 5.91 Å². The minimum atomic E-state index is -0.463. The molecule has 1 fully saturated rings. The number of nitrogens with zero attached hydrogens (tertiary/aromatic N) is 1. The lowest BCUT2D eigenvalue weighted by Crippen LogP contribution is -2.44. The van der Waals surface area contributed by atoms with Crippen molar-refractivity contribution in [2.45, 2.75) is 51.7 Å². The second kappa shape index (κ2) is 11.3. The van der Waals surface area contributed by atoms with Gasteiger partial charge in [-0.05, 0) is 43.5 Å². The average Bonchev–Trinajstić information content (AvgIpc) is 2.71. The molecule has 1 heterocycles. The van der Waals surface area contributed by atoms with Gasteiger partial charge in [0.25, 0.3) is 0 Å². The predicted octanol–water partition coefficient (Wildman–Crippen LogP) is 2.17. The molecule has 6 heteroatoms. The average molecular weight is 378 g/mol. The summed E-state index contributed by atoms with van der Waals surface area (Å²) in [4.78, 5) is 14.5. The summed E-state index contributed by atoms with van der Waals surface area (Å²) in [5, 5.41) is 2.92. The van der Waals surface area contributed by atoms with Gasteiger partial charge in [0.05, 0.1) is 6.04 Å². The summed E-state index contributed by atoms with van der Waals surface area (Å²) >= 11 is 0. The SMILES string of the molecule is CCC(C)C(N)C(=O)NCc1cccc(OCCN(C)C2CCOCC2)c1. The molecule has 27 heavy (non-hydrogen) atoms. The number of ether oxygens (including phenoxy) is 2. The van der Waals surface area contributed by atoms with E-state index >= 15 is 0 Å². The highest BCUT2D eigenvalue weighted by Crippen LogP contribution is 2.15. The van der Waals surface area contributed by atoms with Crippen LogP contribution in [0.2, 0.25) is 0 Å². The van der Waals surface area contributed by atoms with Crippen molar-refractivity contribution < 1.29 is 14.3 Å². The highest BCUT2D eigenvalue weighted by molar-refractivity contribution is 5.81. The summed E-state index contributed by atoms with van der Waals surface area (Å²) in [5.41, 5.74) is 6.98. The standard InChI is InChI=1S/C21H35N3O3/c1-4-16(2)20(22)21(25)23-15-17-6-5-7-19(14-17)27-13-10-24(3)18-8-11-26-12-9-18/h5-7,14,16,18,20H,4,8-13,15,22H2,1-3H3,(H,23,25). The third-order valence-electron chi connectivity index (χ3n) is 5.45. The van der Waals surface area contributed by atoms with Gasteiger partial charge in [-0.15, -0.1) is 0 Å². The first kappa shape index (κ1) is 21.7. The Labute approximate surface area is 163 Å². The Bertz CT molecular complexity index is 576. The molecule has 3 N–H and O–H groups in total. The van der Waals surface area contributed by atoms with Crippen LogP contribution >= 0.6 is 0 Å². The third-order valence-corrected chi connectivity index (χ3v) is 5.45. The lowest BCUT2D eigenvalue weighted by molar-refractivity contribution is -0.123. The maximum Gasteiger partial charge on any atom is 0.237 e. The van der Waals surface area contributed by atoms with E-state index in [4.69, 9.17) is 15.2 Å². The molecule has 152 valence electrons. The van der Waals surface area contributed by atoms with E-state index in [0.717, 1.165) is 50.3 Å². The van der Waals surface area contributed by atoms with Crippen molar-refractivity contribution in [1.29, 1.82) is 0 Å². The Morgan fingerprint density at radius 3 is 2.85 bits per heavy atom. The van der Waals surface area contributed by atoms with Crippen molar-refractivity contribution in [2.75, 3.05) is 33.4 Å². The molecule has 2 rings (SSSR count). The van der Waals surface area contributed by atoms with E-state index in [-0.39, 0.29) is 11.8 Å². The number of nitrogens with two attached hydrogens (primary N) is 1. The van der Waals surface area contributed by atoms with Crippen molar-refractivity contribution in [3.8, 4) is 5.75 Å². The van der Waals surface area contributed by atoms with Crippen molar-refractivity contribution in [3.05, 3.63) is 29.8 Å². The van der Waals surface area contributed by atoms with E-state index in [1.165, 1.54) is 0 Å². The lowest BCUT2D eigenvalue weighted by Gasteiger charge is -2.31. The molecule has 0 radical (unpaired) electrons. The Morgan fingerprint density at radius 1 is 1.41 bits per heavy atom. The molecule has 1 aliphatic rings. The number of amides is 1.